The lowest BCUT2D eigenvalue weighted by Crippen LogP contribution is -2.38. The molecule has 14 heavy (non-hydrogen) atoms. The monoisotopic (exact) mass is 213 g/mol. The molecule has 6 heteroatoms. The van der Waals surface area contributed by atoms with Gasteiger partial charge in [0, 0.05) is 6.54 Å². The first-order valence-electron chi connectivity index (χ1n) is 4.86. The number of nitrogens with zero attached hydrogens (tertiary/aromatic N) is 4. The Morgan fingerprint density at radius 3 is 2.93 bits per heavy atom. The molecule has 2 unspecified atom stereocenters. The van der Waals surface area contributed by atoms with E-state index in [4.69, 9.17) is 12.2 Å². The van der Waals surface area contributed by atoms with Gasteiger partial charge in [-0.15, -0.1) is 0 Å². The van der Waals surface area contributed by atoms with Crippen LogP contribution in [0.5, 0.6) is 0 Å². The lowest BCUT2D eigenvalue weighted by molar-refractivity contribution is 0.148. The fourth-order valence-electron chi connectivity index (χ4n) is 2.15. The second kappa shape index (κ2) is 3.78. The normalized spacial score (nSPS) is 29.3. The summed E-state index contributed by atoms with van der Waals surface area (Å²) in [5, 5.41) is 10.4. The number of aromatic amines is 1. The highest BCUT2D eigenvalue weighted by atomic mass is 32.1. The van der Waals surface area contributed by atoms with E-state index in [0.29, 0.717) is 16.7 Å². The van der Waals surface area contributed by atoms with Gasteiger partial charge in [-0.1, -0.05) is 17.2 Å². The Bertz CT molecular complexity index is 357. The largest absolute Gasteiger partial charge is 0.306 e. The molecule has 0 bridgehead atoms. The van der Waals surface area contributed by atoms with Crippen LogP contribution in [0.2, 0.25) is 0 Å². The predicted molar refractivity (Wildman–Crippen MR) is 55.5 cm³/mol. The van der Waals surface area contributed by atoms with E-state index in [1.807, 2.05) is 4.68 Å². The van der Waals surface area contributed by atoms with E-state index in [1.165, 1.54) is 0 Å². The number of likely N-dealkylation sites (tertiary alicyclic amines) is 1. The van der Waals surface area contributed by atoms with Crippen molar-refractivity contribution in [2.45, 2.75) is 19.4 Å². The van der Waals surface area contributed by atoms with Crippen molar-refractivity contribution in [3.8, 4) is 0 Å². The number of aromatic nitrogens is 4. The summed E-state index contributed by atoms with van der Waals surface area (Å²) in [5.74, 6) is 0.586. The van der Waals surface area contributed by atoms with Crippen LogP contribution in [0.1, 0.15) is 19.4 Å². The molecule has 5 nitrogen and oxygen atoms in total. The molecular formula is C8H15N5S. The quantitative estimate of drug-likeness (QED) is 0.703. The van der Waals surface area contributed by atoms with Gasteiger partial charge in [0.05, 0.1) is 6.04 Å². The molecule has 0 radical (unpaired) electrons. The Morgan fingerprint density at radius 1 is 1.57 bits per heavy atom. The lowest BCUT2D eigenvalue weighted by Gasteiger charge is -2.34. The summed E-state index contributed by atoms with van der Waals surface area (Å²) in [4.78, 5) is 2.34. The first-order valence-corrected chi connectivity index (χ1v) is 5.27. The average Bonchev–Trinajstić information content (AvgIpc) is 2.52. The van der Waals surface area contributed by atoms with Crippen molar-refractivity contribution in [3.63, 3.8) is 0 Å². The average molecular weight is 213 g/mol. The maximum Gasteiger partial charge on any atom is 0.238 e. The molecule has 1 aliphatic heterocycles. The standard InChI is InChI=1S/C8H15N5S/c1-6-5-12(2)4-3-7(6)13-8(14)9-10-11-13/h6-7H,3-5H2,1-2H3,(H,9,11,14). The zero-order valence-corrected chi connectivity index (χ0v) is 9.29. The van der Waals surface area contributed by atoms with E-state index in [-0.39, 0.29) is 0 Å². The molecule has 0 aromatic carbocycles. The van der Waals surface area contributed by atoms with Crippen LogP contribution in [-0.2, 0) is 0 Å². The minimum absolute atomic E-state index is 0.425. The molecule has 0 saturated carbocycles. The molecular weight excluding hydrogens is 198 g/mol. The molecule has 1 aromatic heterocycles. The molecule has 1 fully saturated rings. The second-order valence-corrected chi connectivity index (χ2v) is 4.41. The summed E-state index contributed by atoms with van der Waals surface area (Å²) in [7, 11) is 2.15. The van der Waals surface area contributed by atoms with Crippen molar-refractivity contribution in [3.05, 3.63) is 4.77 Å². The van der Waals surface area contributed by atoms with Gasteiger partial charge < -0.3 is 4.90 Å². The summed E-state index contributed by atoms with van der Waals surface area (Å²) in [6.07, 6.45) is 1.11. The smallest absolute Gasteiger partial charge is 0.238 e. The van der Waals surface area contributed by atoms with Crippen molar-refractivity contribution in [2.24, 2.45) is 5.92 Å². The third-order valence-electron chi connectivity index (χ3n) is 2.89. The SMILES string of the molecule is CC1CN(C)CCC1n1[nH]nnc1=S. The summed E-state index contributed by atoms with van der Waals surface area (Å²) in [5.41, 5.74) is 0. The summed E-state index contributed by atoms with van der Waals surface area (Å²) in [6.45, 7) is 4.45. The molecule has 1 N–H and O–H groups in total. The Kier molecular flexibility index (Phi) is 2.64. The van der Waals surface area contributed by atoms with E-state index in [9.17, 15) is 0 Å². The van der Waals surface area contributed by atoms with Crippen molar-refractivity contribution in [1.29, 1.82) is 0 Å². The highest BCUT2D eigenvalue weighted by Gasteiger charge is 2.26. The van der Waals surface area contributed by atoms with Gasteiger partial charge in [-0.25, -0.2) is 4.68 Å². The van der Waals surface area contributed by atoms with Gasteiger partial charge in [0.1, 0.15) is 0 Å². The lowest BCUT2D eigenvalue weighted by atomic mass is 9.94. The van der Waals surface area contributed by atoms with E-state index < -0.39 is 0 Å². The number of nitrogens with one attached hydrogen (secondary N) is 1. The van der Waals surface area contributed by atoms with Crippen molar-refractivity contribution < 1.29 is 0 Å². The molecule has 2 heterocycles. The highest BCUT2D eigenvalue weighted by Crippen LogP contribution is 2.26. The van der Waals surface area contributed by atoms with Crippen molar-refractivity contribution in [2.75, 3.05) is 20.1 Å². The molecule has 1 aliphatic rings. The summed E-state index contributed by atoms with van der Waals surface area (Å²) < 4.78 is 2.47. The van der Waals surface area contributed by atoms with Gasteiger partial charge in [0.2, 0.25) is 4.77 Å². The van der Waals surface area contributed by atoms with Crippen LogP contribution in [-0.4, -0.2) is 45.2 Å². The predicted octanol–water partition coefficient (Wildman–Crippen LogP) is 0.848. The van der Waals surface area contributed by atoms with E-state index >= 15 is 0 Å². The van der Waals surface area contributed by atoms with Crippen LogP contribution in [0.25, 0.3) is 0 Å². The van der Waals surface area contributed by atoms with E-state index in [2.05, 4.69) is 34.4 Å². The minimum Gasteiger partial charge on any atom is -0.306 e. The first-order chi connectivity index (χ1) is 6.68. The summed E-state index contributed by atoms with van der Waals surface area (Å²) in [6, 6.07) is 0.425. The number of tetrazole rings is 1. The Balaban J connectivity index is 2.20. The zero-order chi connectivity index (χ0) is 10.1. The molecule has 0 spiro atoms. The Labute approximate surface area is 88.1 Å². The maximum absolute atomic E-state index is 5.09. The third-order valence-corrected chi connectivity index (χ3v) is 3.17. The molecule has 1 aromatic rings. The molecule has 1 saturated heterocycles. The van der Waals surface area contributed by atoms with Gasteiger partial charge in [-0.05, 0) is 38.1 Å². The first kappa shape index (κ1) is 9.79. The van der Waals surface area contributed by atoms with Crippen LogP contribution >= 0.6 is 12.2 Å². The number of hydrogen-bond acceptors (Lipinski definition) is 4. The zero-order valence-electron chi connectivity index (χ0n) is 8.47. The molecule has 0 amide bonds. The van der Waals surface area contributed by atoms with Gasteiger partial charge in [-0.3, -0.25) is 0 Å². The van der Waals surface area contributed by atoms with Crippen LogP contribution in [0.15, 0.2) is 0 Å². The molecule has 2 atom stereocenters. The maximum atomic E-state index is 5.09. The topological polar surface area (TPSA) is 49.7 Å². The van der Waals surface area contributed by atoms with E-state index in [0.717, 1.165) is 19.5 Å². The van der Waals surface area contributed by atoms with Gasteiger partial charge in [-0.2, -0.15) is 5.21 Å². The Morgan fingerprint density at radius 2 is 2.36 bits per heavy atom. The Hall–Kier alpha value is -0.750. The van der Waals surface area contributed by atoms with E-state index in [1.54, 1.807) is 0 Å². The van der Waals surface area contributed by atoms with Crippen LogP contribution < -0.4 is 0 Å². The molecule has 0 aliphatic carbocycles. The van der Waals surface area contributed by atoms with Crippen molar-refractivity contribution >= 4 is 12.2 Å². The van der Waals surface area contributed by atoms with Crippen molar-refractivity contribution in [1.82, 2.24) is 25.1 Å². The fourth-order valence-corrected chi connectivity index (χ4v) is 2.36. The van der Waals surface area contributed by atoms with Gasteiger partial charge in [0.15, 0.2) is 0 Å². The minimum atomic E-state index is 0.425. The highest BCUT2D eigenvalue weighted by molar-refractivity contribution is 7.71. The molecule has 2 rings (SSSR count). The molecule has 78 valence electrons. The van der Waals surface area contributed by atoms with Gasteiger partial charge in [0.25, 0.3) is 0 Å². The number of rotatable bonds is 1. The third kappa shape index (κ3) is 1.72. The number of piperidine rings is 1. The fraction of sp³-hybridized carbons (Fsp3) is 0.875. The number of hydrogen-bond donors (Lipinski definition) is 1. The van der Waals surface area contributed by atoms with Crippen LogP contribution in [0, 0.1) is 10.7 Å². The van der Waals surface area contributed by atoms with Crippen LogP contribution in [0.4, 0.5) is 0 Å². The second-order valence-electron chi connectivity index (χ2n) is 4.05. The summed E-state index contributed by atoms with van der Waals surface area (Å²) >= 11 is 5.09. The van der Waals surface area contributed by atoms with Gasteiger partial charge >= 0.3 is 0 Å². The number of H-pyrrole nitrogens is 1. The van der Waals surface area contributed by atoms with Crippen LogP contribution in [0.3, 0.4) is 0 Å².